The van der Waals surface area contributed by atoms with Crippen molar-refractivity contribution in [2.45, 2.75) is 0 Å². The molecule has 2 N–H and O–H groups in total. The van der Waals surface area contributed by atoms with E-state index in [0.717, 1.165) is 12.1 Å². The van der Waals surface area contributed by atoms with Crippen LogP contribution in [0.5, 0.6) is 0 Å². The Kier molecular flexibility index (Phi) is 4.19. The number of carbonyl (C=O) groups is 1. The Bertz CT molecular complexity index is 365. The van der Waals surface area contributed by atoms with Crippen LogP contribution in [0.3, 0.4) is 0 Å². The molecule has 0 aliphatic rings. The molecular formula is C10H12F2N2O2. The predicted molar refractivity (Wildman–Crippen MR) is 55.1 cm³/mol. The zero-order valence-electron chi connectivity index (χ0n) is 8.70. The van der Waals surface area contributed by atoms with Gasteiger partial charge in [-0.3, -0.25) is 0 Å². The van der Waals surface area contributed by atoms with Crippen molar-refractivity contribution < 1.29 is 18.7 Å². The SMILES string of the molecule is CN(CCO)C(=O)Nc1cc(F)cc(F)c1. The number of hydrogen-bond donors (Lipinski definition) is 2. The molecule has 0 atom stereocenters. The maximum Gasteiger partial charge on any atom is 0.321 e. The zero-order chi connectivity index (χ0) is 12.1. The summed E-state index contributed by atoms with van der Waals surface area (Å²) in [5, 5.41) is 10.9. The van der Waals surface area contributed by atoms with Crippen LogP contribution in [0.15, 0.2) is 18.2 Å². The number of urea groups is 1. The minimum absolute atomic E-state index is 0.0345. The lowest BCUT2D eigenvalue weighted by Crippen LogP contribution is -2.33. The maximum absolute atomic E-state index is 12.8. The number of amides is 2. The molecule has 0 saturated carbocycles. The molecule has 0 saturated heterocycles. The largest absolute Gasteiger partial charge is 0.395 e. The van der Waals surface area contributed by atoms with Gasteiger partial charge >= 0.3 is 6.03 Å². The standard InChI is InChI=1S/C10H12F2N2O2/c1-14(2-3-15)10(16)13-9-5-7(11)4-8(12)6-9/h4-6,15H,2-3H2,1H3,(H,13,16). The monoisotopic (exact) mass is 230 g/mol. The normalized spacial score (nSPS) is 10.0. The molecule has 88 valence electrons. The summed E-state index contributed by atoms with van der Waals surface area (Å²) in [4.78, 5) is 12.6. The van der Waals surface area contributed by atoms with E-state index in [9.17, 15) is 13.6 Å². The van der Waals surface area contributed by atoms with Crippen LogP contribution >= 0.6 is 0 Å². The molecule has 0 aromatic heterocycles. The topological polar surface area (TPSA) is 52.6 Å². The van der Waals surface area contributed by atoms with Crippen molar-refractivity contribution in [1.29, 1.82) is 0 Å². The van der Waals surface area contributed by atoms with Crippen molar-refractivity contribution >= 4 is 11.7 Å². The number of hydrogen-bond acceptors (Lipinski definition) is 2. The van der Waals surface area contributed by atoms with Gasteiger partial charge in [0.05, 0.1) is 6.61 Å². The van der Waals surface area contributed by atoms with Crippen molar-refractivity contribution in [2.24, 2.45) is 0 Å². The summed E-state index contributed by atoms with van der Waals surface area (Å²) in [5.41, 5.74) is 0.0345. The molecule has 0 unspecified atom stereocenters. The number of likely N-dealkylation sites (N-methyl/N-ethyl adjacent to an activating group) is 1. The Labute approximate surface area is 91.5 Å². The molecule has 2 amide bonds. The zero-order valence-corrected chi connectivity index (χ0v) is 8.70. The fourth-order valence-corrected chi connectivity index (χ4v) is 1.10. The van der Waals surface area contributed by atoms with Crippen molar-refractivity contribution in [2.75, 3.05) is 25.5 Å². The van der Waals surface area contributed by atoms with E-state index in [1.165, 1.54) is 11.9 Å². The van der Waals surface area contributed by atoms with Crippen LogP contribution in [-0.4, -0.2) is 36.2 Å². The first-order valence-corrected chi connectivity index (χ1v) is 4.62. The second-order valence-corrected chi connectivity index (χ2v) is 3.23. The molecular weight excluding hydrogens is 218 g/mol. The Morgan fingerprint density at radius 3 is 2.44 bits per heavy atom. The molecule has 0 aliphatic carbocycles. The Balaban J connectivity index is 2.69. The molecule has 0 radical (unpaired) electrons. The number of rotatable bonds is 3. The quantitative estimate of drug-likeness (QED) is 0.825. The Hall–Kier alpha value is -1.69. The van der Waals surface area contributed by atoms with Crippen LogP contribution in [0, 0.1) is 11.6 Å². The third-order valence-corrected chi connectivity index (χ3v) is 1.90. The summed E-state index contributed by atoms with van der Waals surface area (Å²) in [7, 11) is 1.46. The van der Waals surface area contributed by atoms with Gasteiger partial charge in [-0.15, -0.1) is 0 Å². The minimum Gasteiger partial charge on any atom is -0.395 e. The second-order valence-electron chi connectivity index (χ2n) is 3.23. The van der Waals surface area contributed by atoms with Gasteiger partial charge in [-0.2, -0.15) is 0 Å². The third kappa shape index (κ3) is 3.47. The van der Waals surface area contributed by atoms with E-state index in [0.29, 0.717) is 6.07 Å². The molecule has 6 heteroatoms. The number of aliphatic hydroxyl groups is 1. The van der Waals surface area contributed by atoms with Gasteiger partial charge in [-0.05, 0) is 12.1 Å². The van der Waals surface area contributed by atoms with E-state index in [2.05, 4.69) is 5.32 Å². The van der Waals surface area contributed by atoms with Gasteiger partial charge in [0.2, 0.25) is 0 Å². The first-order chi connectivity index (χ1) is 7.52. The fourth-order valence-electron chi connectivity index (χ4n) is 1.10. The molecule has 1 aromatic carbocycles. The van der Waals surface area contributed by atoms with E-state index in [1.807, 2.05) is 0 Å². The summed E-state index contributed by atoms with van der Waals surface area (Å²) >= 11 is 0. The molecule has 0 bridgehead atoms. The van der Waals surface area contributed by atoms with E-state index in [-0.39, 0.29) is 18.8 Å². The van der Waals surface area contributed by atoms with Crippen LogP contribution in [0.25, 0.3) is 0 Å². The summed E-state index contributed by atoms with van der Waals surface area (Å²) in [6.07, 6.45) is 0. The van der Waals surface area contributed by atoms with Crippen LogP contribution in [0.1, 0.15) is 0 Å². The molecule has 0 aliphatic heterocycles. The average Bonchev–Trinajstić information content (AvgIpc) is 2.16. The molecule has 4 nitrogen and oxygen atoms in total. The van der Waals surface area contributed by atoms with E-state index in [4.69, 9.17) is 5.11 Å². The van der Waals surface area contributed by atoms with Crippen molar-refractivity contribution in [3.63, 3.8) is 0 Å². The van der Waals surface area contributed by atoms with Crippen LogP contribution in [0.2, 0.25) is 0 Å². The highest BCUT2D eigenvalue weighted by Crippen LogP contribution is 2.13. The molecule has 1 aromatic rings. The number of benzene rings is 1. The molecule has 1 rings (SSSR count). The maximum atomic E-state index is 12.8. The van der Waals surface area contributed by atoms with Gasteiger partial charge in [0.25, 0.3) is 0 Å². The van der Waals surface area contributed by atoms with E-state index < -0.39 is 17.7 Å². The number of halogens is 2. The van der Waals surface area contributed by atoms with Crippen molar-refractivity contribution in [3.8, 4) is 0 Å². The summed E-state index contributed by atoms with van der Waals surface area (Å²) < 4.78 is 25.6. The third-order valence-electron chi connectivity index (χ3n) is 1.90. The first-order valence-electron chi connectivity index (χ1n) is 4.62. The van der Waals surface area contributed by atoms with Gasteiger partial charge in [-0.25, -0.2) is 13.6 Å². The predicted octanol–water partition coefficient (Wildman–Crippen LogP) is 1.42. The highest BCUT2D eigenvalue weighted by atomic mass is 19.1. The number of aliphatic hydroxyl groups excluding tert-OH is 1. The van der Waals surface area contributed by atoms with Crippen LogP contribution in [-0.2, 0) is 0 Å². The van der Waals surface area contributed by atoms with Gasteiger partial charge < -0.3 is 15.3 Å². The molecule has 0 heterocycles. The summed E-state index contributed by atoms with van der Waals surface area (Å²) in [6, 6.07) is 2.19. The van der Waals surface area contributed by atoms with E-state index >= 15 is 0 Å². The number of nitrogens with zero attached hydrogens (tertiary/aromatic N) is 1. The number of nitrogens with one attached hydrogen (secondary N) is 1. The van der Waals surface area contributed by atoms with Gasteiger partial charge in [-0.1, -0.05) is 0 Å². The average molecular weight is 230 g/mol. The van der Waals surface area contributed by atoms with Crippen molar-refractivity contribution in [3.05, 3.63) is 29.8 Å². The van der Waals surface area contributed by atoms with Crippen molar-refractivity contribution in [1.82, 2.24) is 4.90 Å². The fraction of sp³-hybridized carbons (Fsp3) is 0.300. The lowest BCUT2D eigenvalue weighted by Gasteiger charge is -2.16. The number of carbonyl (C=O) groups excluding carboxylic acids is 1. The highest BCUT2D eigenvalue weighted by molar-refractivity contribution is 5.89. The number of anilines is 1. The second kappa shape index (κ2) is 5.41. The van der Waals surface area contributed by atoms with Gasteiger partial charge in [0.15, 0.2) is 0 Å². The van der Waals surface area contributed by atoms with Gasteiger partial charge in [0.1, 0.15) is 11.6 Å². The Morgan fingerprint density at radius 1 is 1.38 bits per heavy atom. The van der Waals surface area contributed by atoms with Crippen LogP contribution < -0.4 is 5.32 Å². The molecule has 16 heavy (non-hydrogen) atoms. The van der Waals surface area contributed by atoms with Gasteiger partial charge in [0, 0.05) is 25.3 Å². The lowest BCUT2D eigenvalue weighted by molar-refractivity contribution is 0.202. The lowest BCUT2D eigenvalue weighted by atomic mass is 10.3. The molecule has 0 fully saturated rings. The minimum atomic E-state index is -0.764. The first kappa shape index (κ1) is 12.4. The van der Waals surface area contributed by atoms with E-state index in [1.54, 1.807) is 0 Å². The summed E-state index contributed by atoms with van der Waals surface area (Å²) in [5.74, 6) is -1.53. The highest BCUT2D eigenvalue weighted by Gasteiger charge is 2.09. The Morgan fingerprint density at radius 2 is 1.94 bits per heavy atom. The smallest absolute Gasteiger partial charge is 0.321 e. The summed E-state index contributed by atoms with van der Waals surface area (Å²) in [6.45, 7) is -0.0366. The van der Waals surface area contributed by atoms with Crippen LogP contribution in [0.4, 0.5) is 19.3 Å². The molecule has 0 spiro atoms.